The quantitative estimate of drug-likeness (QED) is 0.931. The first-order valence-corrected chi connectivity index (χ1v) is 7.75. The minimum Gasteiger partial charge on any atom is -0.347 e. The van der Waals surface area contributed by atoms with E-state index < -0.39 is 0 Å². The van der Waals surface area contributed by atoms with E-state index >= 15 is 0 Å². The number of nitrogens with zero attached hydrogens (tertiary/aromatic N) is 2. The molecule has 0 radical (unpaired) electrons. The van der Waals surface area contributed by atoms with Gasteiger partial charge in [-0.1, -0.05) is 18.2 Å². The molecule has 1 aliphatic rings. The third-order valence-electron chi connectivity index (χ3n) is 4.64. The summed E-state index contributed by atoms with van der Waals surface area (Å²) in [7, 11) is 0. The van der Waals surface area contributed by atoms with Crippen LogP contribution >= 0.6 is 0 Å². The second kappa shape index (κ2) is 5.58. The Morgan fingerprint density at radius 2 is 2.10 bits per heavy atom. The van der Waals surface area contributed by atoms with Crippen LogP contribution in [-0.4, -0.2) is 28.1 Å². The maximum atomic E-state index is 6.07. The molecule has 108 valence electrons. The third kappa shape index (κ3) is 2.48. The molecule has 2 unspecified atom stereocenters. The fraction of sp³-hybridized carbons (Fsp3) is 0.529. The Kier molecular flexibility index (Phi) is 3.81. The van der Waals surface area contributed by atoms with Crippen LogP contribution in [0.5, 0.6) is 0 Å². The standard InChI is InChI=1S/C17H25N3/c1-3-19-11-14(16-6-4-5-7-17(16)19)12-20-9-8-15(18)10-13(20)2/h4-7,11,13,15H,3,8-10,12,18H2,1-2H3. The molecule has 1 fully saturated rings. The lowest BCUT2D eigenvalue weighted by atomic mass is 9.98. The molecule has 0 spiro atoms. The number of para-hydroxylation sites is 1. The molecule has 0 aliphatic carbocycles. The lowest BCUT2D eigenvalue weighted by Gasteiger charge is -2.36. The first-order valence-electron chi connectivity index (χ1n) is 7.75. The topological polar surface area (TPSA) is 34.2 Å². The van der Waals surface area contributed by atoms with Crippen molar-refractivity contribution in [3.8, 4) is 0 Å². The van der Waals surface area contributed by atoms with Crippen LogP contribution in [0.25, 0.3) is 10.9 Å². The molecule has 2 heterocycles. The highest BCUT2D eigenvalue weighted by Crippen LogP contribution is 2.25. The molecule has 2 aromatic rings. The van der Waals surface area contributed by atoms with E-state index in [0.717, 1.165) is 32.5 Å². The van der Waals surface area contributed by atoms with Crippen LogP contribution in [0, 0.1) is 0 Å². The van der Waals surface area contributed by atoms with Crippen LogP contribution < -0.4 is 5.73 Å². The van der Waals surface area contributed by atoms with Gasteiger partial charge < -0.3 is 10.3 Å². The van der Waals surface area contributed by atoms with E-state index in [2.05, 4.69) is 53.8 Å². The minimum absolute atomic E-state index is 0.387. The fourth-order valence-electron chi connectivity index (χ4n) is 3.42. The Labute approximate surface area is 121 Å². The number of hydrogen-bond donors (Lipinski definition) is 1. The highest BCUT2D eigenvalue weighted by molar-refractivity contribution is 5.83. The lowest BCUT2D eigenvalue weighted by molar-refractivity contribution is 0.140. The number of benzene rings is 1. The van der Waals surface area contributed by atoms with Gasteiger partial charge in [0.15, 0.2) is 0 Å². The van der Waals surface area contributed by atoms with Crippen molar-refractivity contribution in [1.29, 1.82) is 0 Å². The van der Waals surface area contributed by atoms with Crippen molar-refractivity contribution in [1.82, 2.24) is 9.47 Å². The van der Waals surface area contributed by atoms with E-state index in [1.54, 1.807) is 0 Å². The predicted molar refractivity (Wildman–Crippen MR) is 84.7 cm³/mol. The Morgan fingerprint density at radius 1 is 1.30 bits per heavy atom. The average molecular weight is 271 g/mol. The SMILES string of the molecule is CCn1cc(CN2CCC(N)CC2C)c2ccccc21. The molecule has 2 N–H and O–H groups in total. The van der Waals surface area contributed by atoms with Gasteiger partial charge in [-0.05, 0) is 38.3 Å². The second-order valence-corrected chi connectivity index (χ2v) is 6.06. The van der Waals surface area contributed by atoms with Crippen LogP contribution in [0.15, 0.2) is 30.5 Å². The van der Waals surface area contributed by atoms with Crippen LogP contribution in [0.2, 0.25) is 0 Å². The summed E-state index contributed by atoms with van der Waals surface area (Å²) in [4.78, 5) is 2.57. The molecule has 2 atom stereocenters. The molecule has 0 saturated carbocycles. The van der Waals surface area contributed by atoms with Crippen molar-refractivity contribution in [3.63, 3.8) is 0 Å². The summed E-state index contributed by atoms with van der Waals surface area (Å²) in [5.74, 6) is 0. The molecule has 1 aromatic heterocycles. The largest absolute Gasteiger partial charge is 0.347 e. The summed E-state index contributed by atoms with van der Waals surface area (Å²) >= 11 is 0. The van der Waals surface area contributed by atoms with E-state index in [0.29, 0.717) is 12.1 Å². The van der Waals surface area contributed by atoms with E-state index in [9.17, 15) is 0 Å². The lowest BCUT2D eigenvalue weighted by Crippen LogP contribution is -2.44. The Bertz CT molecular complexity index is 587. The molecule has 3 nitrogen and oxygen atoms in total. The molecule has 0 bridgehead atoms. The first-order chi connectivity index (χ1) is 9.69. The maximum Gasteiger partial charge on any atom is 0.0483 e. The number of likely N-dealkylation sites (tertiary alicyclic amines) is 1. The summed E-state index contributed by atoms with van der Waals surface area (Å²) < 4.78 is 2.35. The summed E-state index contributed by atoms with van der Waals surface area (Å²) in [6.07, 6.45) is 4.56. The van der Waals surface area contributed by atoms with Gasteiger partial charge in [-0.25, -0.2) is 0 Å². The molecule has 3 heteroatoms. The normalized spacial score (nSPS) is 24.4. The molecular formula is C17H25N3. The van der Waals surface area contributed by atoms with Crippen LogP contribution in [-0.2, 0) is 13.1 Å². The van der Waals surface area contributed by atoms with Crippen LogP contribution in [0.3, 0.4) is 0 Å². The number of hydrogen-bond acceptors (Lipinski definition) is 2. The van der Waals surface area contributed by atoms with Gasteiger partial charge in [-0.2, -0.15) is 0 Å². The molecular weight excluding hydrogens is 246 g/mol. The molecule has 1 aromatic carbocycles. The summed E-state index contributed by atoms with van der Waals surface area (Å²) in [5, 5.41) is 1.40. The van der Waals surface area contributed by atoms with Gasteiger partial charge >= 0.3 is 0 Å². The maximum absolute atomic E-state index is 6.07. The van der Waals surface area contributed by atoms with Crippen LogP contribution in [0.1, 0.15) is 32.3 Å². The first kappa shape index (κ1) is 13.7. The predicted octanol–water partition coefficient (Wildman–Crippen LogP) is 2.97. The van der Waals surface area contributed by atoms with Crippen molar-refractivity contribution in [2.24, 2.45) is 5.73 Å². The highest BCUT2D eigenvalue weighted by atomic mass is 15.2. The average Bonchev–Trinajstić information content (AvgIpc) is 2.80. The Morgan fingerprint density at radius 3 is 2.85 bits per heavy atom. The summed E-state index contributed by atoms with van der Waals surface area (Å²) in [6.45, 7) is 7.70. The smallest absolute Gasteiger partial charge is 0.0483 e. The third-order valence-corrected chi connectivity index (χ3v) is 4.64. The zero-order valence-corrected chi connectivity index (χ0v) is 12.5. The van der Waals surface area contributed by atoms with E-state index in [1.165, 1.54) is 16.5 Å². The Hall–Kier alpha value is -1.32. The molecule has 1 saturated heterocycles. The number of piperidine rings is 1. The van der Waals surface area contributed by atoms with Gasteiger partial charge in [-0.3, -0.25) is 4.90 Å². The van der Waals surface area contributed by atoms with E-state index in [-0.39, 0.29) is 0 Å². The van der Waals surface area contributed by atoms with Crippen molar-refractivity contribution >= 4 is 10.9 Å². The number of nitrogens with two attached hydrogens (primary N) is 1. The summed E-state index contributed by atoms with van der Waals surface area (Å²) in [6, 6.07) is 9.71. The monoisotopic (exact) mass is 271 g/mol. The number of aryl methyl sites for hydroxylation is 1. The molecule has 20 heavy (non-hydrogen) atoms. The number of aromatic nitrogens is 1. The van der Waals surface area contributed by atoms with Crippen molar-refractivity contribution in [3.05, 3.63) is 36.0 Å². The van der Waals surface area contributed by atoms with Gasteiger partial charge in [0.25, 0.3) is 0 Å². The summed E-state index contributed by atoms with van der Waals surface area (Å²) in [5.41, 5.74) is 8.87. The highest BCUT2D eigenvalue weighted by Gasteiger charge is 2.23. The second-order valence-electron chi connectivity index (χ2n) is 6.06. The van der Waals surface area contributed by atoms with E-state index in [4.69, 9.17) is 5.73 Å². The zero-order chi connectivity index (χ0) is 14.1. The zero-order valence-electron chi connectivity index (χ0n) is 12.5. The van der Waals surface area contributed by atoms with Crippen molar-refractivity contribution < 1.29 is 0 Å². The van der Waals surface area contributed by atoms with Gasteiger partial charge in [-0.15, -0.1) is 0 Å². The minimum atomic E-state index is 0.387. The van der Waals surface area contributed by atoms with Gasteiger partial charge in [0.2, 0.25) is 0 Å². The molecule has 0 amide bonds. The van der Waals surface area contributed by atoms with Gasteiger partial charge in [0.1, 0.15) is 0 Å². The van der Waals surface area contributed by atoms with Crippen LogP contribution in [0.4, 0.5) is 0 Å². The van der Waals surface area contributed by atoms with Gasteiger partial charge in [0, 0.05) is 48.8 Å². The Balaban J connectivity index is 1.87. The fourth-order valence-corrected chi connectivity index (χ4v) is 3.42. The number of rotatable bonds is 3. The molecule has 3 rings (SSSR count). The van der Waals surface area contributed by atoms with Crippen molar-refractivity contribution in [2.45, 2.75) is 51.9 Å². The number of fused-ring (bicyclic) bond motifs is 1. The van der Waals surface area contributed by atoms with E-state index in [1.807, 2.05) is 0 Å². The molecule has 1 aliphatic heterocycles. The van der Waals surface area contributed by atoms with Crippen molar-refractivity contribution in [2.75, 3.05) is 6.54 Å². The van der Waals surface area contributed by atoms with Gasteiger partial charge in [0.05, 0.1) is 0 Å².